The molecule has 0 amide bonds. The van der Waals surface area contributed by atoms with Crippen LogP contribution in [0.2, 0.25) is 5.02 Å². The first kappa shape index (κ1) is 23.2. The van der Waals surface area contributed by atoms with E-state index < -0.39 is 0 Å². The fraction of sp³-hybridized carbons (Fsp3) is 0.0667. The van der Waals surface area contributed by atoms with Crippen molar-refractivity contribution >= 4 is 34.2 Å². The van der Waals surface area contributed by atoms with Gasteiger partial charge in [0.2, 0.25) is 11.8 Å². The van der Waals surface area contributed by atoms with Crippen LogP contribution in [-0.2, 0) is 0 Å². The van der Waals surface area contributed by atoms with Gasteiger partial charge < -0.3 is 15.5 Å². The van der Waals surface area contributed by atoms with E-state index in [1.54, 1.807) is 6.07 Å². The van der Waals surface area contributed by atoms with Gasteiger partial charge in [-0.15, -0.1) is 0 Å². The van der Waals surface area contributed by atoms with Crippen molar-refractivity contribution < 1.29 is 9.53 Å². The number of ether oxygens (including phenoxy) is 1. The van der Waals surface area contributed by atoms with Gasteiger partial charge in [-0.25, -0.2) is 9.97 Å². The van der Waals surface area contributed by atoms with Gasteiger partial charge in [0, 0.05) is 21.5 Å². The van der Waals surface area contributed by atoms with Crippen molar-refractivity contribution in [2.75, 3.05) is 5.73 Å². The number of H-pyrrole nitrogens is 1. The van der Waals surface area contributed by atoms with Crippen LogP contribution in [0.25, 0.3) is 22.0 Å². The summed E-state index contributed by atoms with van der Waals surface area (Å²) in [6.07, 6.45) is 1.35. The zero-order chi connectivity index (χ0) is 26.7. The van der Waals surface area contributed by atoms with Crippen molar-refractivity contribution in [1.82, 2.24) is 24.7 Å². The highest BCUT2D eigenvalue weighted by atomic mass is 35.5. The summed E-state index contributed by atoms with van der Waals surface area (Å²) in [4.78, 5) is 26.2. The van der Waals surface area contributed by atoms with Crippen LogP contribution in [0.1, 0.15) is 38.8 Å². The highest BCUT2D eigenvalue weighted by Gasteiger charge is 2.39. The number of hydrogen-bond acceptors (Lipinski definition) is 6. The average molecular weight is 533 g/mol. The Morgan fingerprint density at radius 3 is 2.51 bits per heavy atom. The lowest BCUT2D eigenvalue weighted by atomic mass is 9.84. The van der Waals surface area contributed by atoms with E-state index in [0.29, 0.717) is 39.6 Å². The summed E-state index contributed by atoms with van der Waals surface area (Å²) in [7, 11) is 0. The number of aryl methyl sites for hydroxylation is 1. The molecule has 1 aliphatic rings. The Morgan fingerprint density at radius 2 is 1.74 bits per heavy atom. The minimum atomic E-state index is -0.372. The van der Waals surface area contributed by atoms with E-state index in [-0.39, 0.29) is 11.8 Å². The smallest absolute Gasteiger partial charge is 0.298 e. The topological polar surface area (TPSA) is 112 Å². The number of nitrogens with one attached hydrogen (secondary N) is 1. The number of anilines is 1. The number of aromatic nitrogens is 5. The Bertz CT molecular complexity index is 1900. The number of aromatic amines is 1. The van der Waals surface area contributed by atoms with Crippen LogP contribution in [-0.4, -0.2) is 30.6 Å². The highest BCUT2D eigenvalue weighted by Crippen LogP contribution is 2.49. The second-order valence-corrected chi connectivity index (χ2v) is 9.81. The zero-order valence-electron chi connectivity index (χ0n) is 20.7. The van der Waals surface area contributed by atoms with Gasteiger partial charge in [0.25, 0.3) is 5.91 Å². The molecule has 7 rings (SSSR count). The monoisotopic (exact) mass is 532 g/mol. The third kappa shape index (κ3) is 3.60. The third-order valence-corrected chi connectivity index (χ3v) is 7.31. The van der Waals surface area contributed by atoms with Crippen molar-refractivity contribution in [3.05, 3.63) is 118 Å². The Balaban J connectivity index is 1.45. The molecule has 3 aromatic heterocycles. The van der Waals surface area contributed by atoms with Crippen molar-refractivity contribution in [3.63, 3.8) is 0 Å². The SMILES string of the molecule is Cc1nn(C(=O)c2[nH]c3ccc(Cl)cc3c2-c2ccccc2)c2c1C(c1ccccc1)c1c(N)ncnc1O2. The summed E-state index contributed by atoms with van der Waals surface area (Å²) in [5.41, 5.74) is 12.1. The predicted molar refractivity (Wildman–Crippen MR) is 149 cm³/mol. The van der Waals surface area contributed by atoms with E-state index >= 15 is 0 Å². The normalized spacial score (nSPS) is 14.1. The second-order valence-electron chi connectivity index (χ2n) is 9.38. The largest absolute Gasteiger partial charge is 0.420 e. The fourth-order valence-electron chi connectivity index (χ4n) is 5.38. The third-order valence-electron chi connectivity index (χ3n) is 7.07. The summed E-state index contributed by atoms with van der Waals surface area (Å²) < 4.78 is 7.56. The van der Waals surface area contributed by atoms with Gasteiger partial charge in [-0.1, -0.05) is 72.3 Å². The van der Waals surface area contributed by atoms with Crippen LogP contribution >= 0.6 is 11.6 Å². The minimum Gasteiger partial charge on any atom is -0.420 e. The molecule has 9 heteroatoms. The van der Waals surface area contributed by atoms with Crippen LogP contribution in [0.5, 0.6) is 11.8 Å². The predicted octanol–water partition coefficient (Wildman–Crippen LogP) is 6.34. The molecule has 1 unspecified atom stereocenters. The number of nitrogen functional groups attached to an aromatic ring is 1. The van der Waals surface area contributed by atoms with Gasteiger partial charge in [-0.05, 0) is 36.2 Å². The van der Waals surface area contributed by atoms with E-state index in [4.69, 9.17) is 22.1 Å². The summed E-state index contributed by atoms with van der Waals surface area (Å²) in [5, 5.41) is 6.10. The standard InChI is InChI=1S/C30H21ClN6O2/c1-16-22-24(18-10-6-3-7-11-18)25-27(32)33-15-34-28(25)39-30(22)37(36-16)29(38)26-23(17-8-4-2-5-9-17)20-14-19(31)12-13-21(20)35-26/h2-15,24,35H,1H3,(H2,32,33,34). The summed E-state index contributed by atoms with van der Waals surface area (Å²) in [5.74, 6) is 0.180. The maximum absolute atomic E-state index is 14.3. The number of rotatable bonds is 3. The van der Waals surface area contributed by atoms with Crippen LogP contribution in [0, 0.1) is 6.92 Å². The molecule has 3 N–H and O–H groups in total. The number of hydrogen-bond donors (Lipinski definition) is 2. The Morgan fingerprint density at radius 1 is 1.00 bits per heavy atom. The molecule has 8 nitrogen and oxygen atoms in total. The molecule has 0 saturated carbocycles. The van der Waals surface area contributed by atoms with E-state index in [9.17, 15) is 4.79 Å². The van der Waals surface area contributed by atoms with Gasteiger partial charge >= 0.3 is 0 Å². The van der Waals surface area contributed by atoms with E-state index in [0.717, 1.165) is 33.2 Å². The molecule has 1 aliphatic heterocycles. The van der Waals surface area contributed by atoms with Crippen molar-refractivity contribution in [1.29, 1.82) is 0 Å². The van der Waals surface area contributed by atoms with E-state index in [1.165, 1.54) is 11.0 Å². The molecule has 3 aromatic carbocycles. The number of benzene rings is 3. The quantitative estimate of drug-likeness (QED) is 0.274. The fourth-order valence-corrected chi connectivity index (χ4v) is 5.55. The van der Waals surface area contributed by atoms with Crippen LogP contribution in [0.15, 0.2) is 85.2 Å². The summed E-state index contributed by atoms with van der Waals surface area (Å²) in [6, 6.07) is 25.1. The average Bonchev–Trinajstić information content (AvgIpc) is 3.50. The van der Waals surface area contributed by atoms with Crippen LogP contribution in [0.3, 0.4) is 0 Å². The number of fused-ring (bicyclic) bond motifs is 3. The molecule has 0 spiro atoms. The lowest BCUT2D eigenvalue weighted by Crippen LogP contribution is -2.20. The highest BCUT2D eigenvalue weighted by molar-refractivity contribution is 6.31. The Labute approximate surface area is 228 Å². The van der Waals surface area contributed by atoms with Gasteiger partial charge in [-0.3, -0.25) is 4.79 Å². The van der Waals surface area contributed by atoms with Crippen molar-refractivity contribution in [2.24, 2.45) is 0 Å². The molecule has 0 fully saturated rings. The first-order valence-corrected chi connectivity index (χ1v) is 12.7. The molecule has 6 aromatic rings. The number of nitrogens with two attached hydrogens (primary N) is 1. The van der Waals surface area contributed by atoms with Crippen LogP contribution < -0.4 is 10.5 Å². The first-order chi connectivity index (χ1) is 19.0. The molecule has 39 heavy (non-hydrogen) atoms. The molecule has 190 valence electrons. The van der Waals surface area contributed by atoms with Crippen LogP contribution in [0.4, 0.5) is 5.82 Å². The lowest BCUT2D eigenvalue weighted by molar-refractivity contribution is 0.0931. The molecular formula is C30H21ClN6O2. The molecule has 4 heterocycles. The van der Waals surface area contributed by atoms with Gasteiger partial charge in [0.1, 0.15) is 17.8 Å². The Kier molecular flexibility index (Phi) is 5.24. The van der Waals surface area contributed by atoms with E-state index in [2.05, 4.69) is 20.1 Å². The van der Waals surface area contributed by atoms with Gasteiger partial charge in [0.15, 0.2) is 0 Å². The molecule has 0 saturated heterocycles. The van der Waals surface area contributed by atoms with Crippen molar-refractivity contribution in [3.8, 4) is 22.9 Å². The molecule has 0 bridgehead atoms. The number of carbonyl (C=O) groups excluding carboxylic acids is 1. The maximum atomic E-state index is 14.3. The molecule has 0 radical (unpaired) electrons. The molecular weight excluding hydrogens is 512 g/mol. The number of nitrogens with zero attached hydrogens (tertiary/aromatic N) is 4. The molecule has 1 atom stereocenters. The summed E-state index contributed by atoms with van der Waals surface area (Å²) in [6.45, 7) is 1.86. The minimum absolute atomic E-state index is 0.296. The molecule has 0 aliphatic carbocycles. The van der Waals surface area contributed by atoms with Gasteiger partial charge in [0.05, 0.1) is 22.7 Å². The summed E-state index contributed by atoms with van der Waals surface area (Å²) >= 11 is 6.36. The number of halogens is 1. The first-order valence-electron chi connectivity index (χ1n) is 12.3. The van der Waals surface area contributed by atoms with Gasteiger partial charge in [-0.2, -0.15) is 9.78 Å². The lowest BCUT2D eigenvalue weighted by Gasteiger charge is -2.26. The number of carbonyl (C=O) groups is 1. The van der Waals surface area contributed by atoms with E-state index in [1.807, 2.05) is 79.7 Å². The second kappa shape index (κ2) is 8.82. The zero-order valence-corrected chi connectivity index (χ0v) is 21.5. The Hall–Kier alpha value is -4.95. The van der Waals surface area contributed by atoms with Crippen molar-refractivity contribution in [2.45, 2.75) is 12.8 Å². The maximum Gasteiger partial charge on any atom is 0.298 e.